The van der Waals surface area contributed by atoms with Gasteiger partial charge in [0.15, 0.2) is 5.96 Å². The van der Waals surface area contributed by atoms with E-state index in [1.54, 1.807) is 0 Å². The van der Waals surface area contributed by atoms with Crippen molar-refractivity contribution in [1.82, 2.24) is 5.32 Å². The molecule has 0 bridgehead atoms. The Morgan fingerprint density at radius 3 is 2.61 bits per heavy atom. The van der Waals surface area contributed by atoms with Crippen molar-refractivity contribution in [1.29, 1.82) is 0 Å². The highest BCUT2D eigenvalue weighted by atomic mass is 127. The number of nitrogens with one attached hydrogen (secondary N) is 1. The number of aliphatic imine (C=N–C) groups is 1. The minimum Gasteiger partial charge on any atom is -0.394 e. The van der Waals surface area contributed by atoms with E-state index in [1.807, 2.05) is 6.92 Å². The van der Waals surface area contributed by atoms with Crippen LogP contribution in [0.15, 0.2) is 4.99 Å². The van der Waals surface area contributed by atoms with Gasteiger partial charge in [-0.05, 0) is 19.8 Å². The third-order valence-corrected chi connectivity index (χ3v) is 1.94. The van der Waals surface area contributed by atoms with Gasteiger partial charge in [-0.3, -0.25) is 4.99 Å². The molecule has 0 unspecified atom stereocenters. The first-order valence-electron chi connectivity index (χ1n) is 6.11. The molecule has 0 heterocycles. The molecule has 0 rings (SSSR count). The normalized spacial score (nSPS) is 11.1. The Bertz CT molecular complexity index is 194. The van der Waals surface area contributed by atoms with Gasteiger partial charge in [0.05, 0.1) is 13.2 Å². The number of aliphatic hydroxyl groups is 1. The first-order valence-corrected chi connectivity index (χ1v) is 6.11. The smallest absolute Gasteiger partial charge is 0.188 e. The molecule has 0 spiro atoms. The molecule has 0 aromatic rings. The van der Waals surface area contributed by atoms with Crippen LogP contribution in [0, 0.1) is 0 Å². The monoisotopic (exact) mass is 375 g/mol. The Morgan fingerprint density at radius 2 is 1.94 bits per heavy atom. The summed E-state index contributed by atoms with van der Waals surface area (Å²) in [6.07, 6.45) is 1.73. The molecular weight excluding hydrogens is 349 g/mol. The summed E-state index contributed by atoms with van der Waals surface area (Å²) in [5.41, 5.74) is 5.65. The Morgan fingerprint density at radius 1 is 1.22 bits per heavy atom. The van der Waals surface area contributed by atoms with E-state index in [0.29, 0.717) is 25.7 Å². The lowest BCUT2D eigenvalue weighted by atomic mass is 10.4. The van der Waals surface area contributed by atoms with Crippen molar-refractivity contribution in [3.05, 3.63) is 0 Å². The van der Waals surface area contributed by atoms with Crippen LogP contribution in [0.5, 0.6) is 0 Å². The second-order valence-electron chi connectivity index (χ2n) is 3.43. The minimum atomic E-state index is 0. The van der Waals surface area contributed by atoms with Crippen LogP contribution in [0.25, 0.3) is 0 Å². The molecule has 0 fully saturated rings. The fraction of sp³-hybridized carbons (Fsp3) is 0.909. The fourth-order valence-corrected chi connectivity index (χ4v) is 1.12. The van der Waals surface area contributed by atoms with Crippen molar-refractivity contribution < 1.29 is 14.6 Å². The first-order chi connectivity index (χ1) is 8.31. The fourth-order valence-electron chi connectivity index (χ4n) is 1.12. The Labute approximate surface area is 126 Å². The van der Waals surface area contributed by atoms with Gasteiger partial charge in [0, 0.05) is 32.9 Å². The standard InChI is InChI=1S/C11H25N3O3.HI/c1-2-16-8-3-5-13-11(12)14-6-4-9-17-10-7-15;/h15H,2-10H2,1H3,(H3,12,13,14);1H. The predicted octanol–water partition coefficient (Wildman–Crippen LogP) is 0.334. The zero-order chi connectivity index (χ0) is 12.8. The molecule has 110 valence electrons. The van der Waals surface area contributed by atoms with E-state index in [-0.39, 0.29) is 30.6 Å². The van der Waals surface area contributed by atoms with Crippen molar-refractivity contribution in [2.45, 2.75) is 19.8 Å². The molecule has 0 amide bonds. The largest absolute Gasteiger partial charge is 0.394 e. The zero-order valence-electron chi connectivity index (χ0n) is 11.1. The lowest BCUT2D eigenvalue weighted by Gasteiger charge is -2.05. The topological polar surface area (TPSA) is 89.1 Å². The maximum absolute atomic E-state index is 8.48. The minimum absolute atomic E-state index is 0. The molecule has 4 N–H and O–H groups in total. The summed E-state index contributed by atoms with van der Waals surface area (Å²) < 4.78 is 10.3. The van der Waals surface area contributed by atoms with E-state index >= 15 is 0 Å². The van der Waals surface area contributed by atoms with Crippen LogP contribution < -0.4 is 11.1 Å². The number of halogens is 1. The van der Waals surface area contributed by atoms with Gasteiger partial charge in [-0.25, -0.2) is 0 Å². The van der Waals surface area contributed by atoms with Gasteiger partial charge in [-0.2, -0.15) is 0 Å². The third-order valence-electron chi connectivity index (χ3n) is 1.94. The van der Waals surface area contributed by atoms with E-state index in [1.165, 1.54) is 0 Å². The molecule has 0 aliphatic carbocycles. The first kappa shape index (κ1) is 20.2. The van der Waals surface area contributed by atoms with Crippen LogP contribution in [0.3, 0.4) is 0 Å². The highest BCUT2D eigenvalue weighted by molar-refractivity contribution is 14.0. The number of hydrogen-bond donors (Lipinski definition) is 3. The Hall–Kier alpha value is -0.120. The molecule has 0 radical (unpaired) electrons. The molecule has 0 aromatic heterocycles. The number of ether oxygens (including phenoxy) is 2. The van der Waals surface area contributed by atoms with Crippen LogP contribution in [0.4, 0.5) is 0 Å². The molecule has 0 saturated heterocycles. The van der Waals surface area contributed by atoms with Crippen molar-refractivity contribution in [2.24, 2.45) is 10.7 Å². The van der Waals surface area contributed by atoms with E-state index in [0.717, 1.165) is 32.6 Å². The van der Waals surface area contributed by atoms with Crippen molar-refractivity contribution >= 4 is 29.9 Å². The van der Waals surface area contributed by atoms with Crippen molar-refractivity contribution in [3.8, 4) is 0 Å². The molecule has 7 heteroatoms. The number of aliphatic hydroxyl groups excluding tert-OH is 1. The number of nitrogens with two attached hydrogens (primary N) is 1. The third kappa shape index (κ3) is 15.9. The molecule has 0 atom stereocenters. The summed E-state index contributed by atoms with van der Waals surface area (Å²) in [6.45, 7) is 5.92. The highest BCUT2D eigenvalue weighted by Gasteiger charge is 1.92. The van der Waals surface area contributed by atoms with Gasteiger partial charge < -0.3 is 25.6 Å². The van der Waals surface area contributed by atoms with Gasteiger partial charge in [-0.1, -0.05) is 0 Å². The molecule has 6 nitrogen and oxygen atoms in total. The van der Waals surface area contributed by atoms with Crippen molar-refractivity contribution in [3.63, 3.8) is 0 Å². The van der Waals surface area contributed by atoms with Crippen LogP contribution in [-0.4, -0.2) is 57.2 Å². The van der Waals surface area contributed by atoms with Crippen LogP contribution in [0.1, 0.15) is 19.8 Å². The van der Waals surface area contributed by atoms with Crippen LogP contribution in [-0.2, 0) is 9.47 Å². The summed E-state index contributed by atoms with van der Waals surface area (Å²) in [7, 11) is 0. The van der Waals surface area contributed by atoms with Gasteiger partial charge in [0.25, 0.3) is 0 Å². The quantitative estimate of drug-likeness (QED) is 0.210. The molecule has 18 heavy (non-hydrogen) atoms. The molecule has 0 aromatic carbocycles. The number of rotatable bonds is 11. The maximum atomic E-state index is 8.48. The summed E-state index contributed by atoms with van der Waals surface area (Å²) >= 11 is 0. The average molecular weight is 375 g/mol. The number of nitrogens with zero attached hydrogens (tertiary/aromatic N) is 1. The summed E-state index contributed by atoms with van der Waals surface area (Å²) in [5.74, 6) is 0.462. The molecule has 0 saturated carbocycles. The summed E-state index contributed by atoms with van der Waals surface area (Å²) in [6, 6.07) is 0. The van der Waals surface area contributed by atoms with Crippen LogP contribution in [0.2, 0.25) is 0 Å². The van der Waals surface area contributed by atoms with E-state index in [2.05, 4.69) is 10.3 Å². The van der Waals surface area contributed by atoms with E-state index in [9.17, 15) is 0 Å². The van der Waals surface area contributed by atoms with Gasteiger partial charge in [0.2, 0.25) is 0 Å². The summed E-state index contributed by atoms with van der Waals surface area (Å²) in [4.78, 5) is 4.14. The SMILES string of the molecule is CCOCCCNC(N)=NCCCOCCO.I. The second kappa shape index (κ2) is 16.9. The molecule has 0 aliphatic heterocycles. The number of hydrogen-bond acceptors (Lipinski definition) is 4. The maximum Gasteiger partial charge on any atom is 0.188 e. The lowest BCUT2D eigenvalue weighted by Crippen LogP contribution is -2.33. The number of guanidine groups is 1. The Kier molecular flexibility index (Phi) is 18.9. The highest BCUT2D eigenvalue weighted by Crippen LogP contribution is 1.84. The Balaban J connectivity index is 0. The van der Waals surface area contributed by atoms with Crippen LogP contribution >= 0.6 is 24.0 Å². The molecular formula is C11H26IN3O3. The van der Waals surface area contributed by atoms with Gasteiger partial charge in [-0.15, -0.1) is 24.0 Å². The average Bonchev–Trinajstić information content (AvgIpc) is 2.33. The lowest BCUT2D eigenvalue weighted by molar-refractivity contribution is 0.0918. The second-order valence-corrected chi connectivity index (χ2v) is 3.43. The predicted molar refractivity (Wildman–Crippen MR) is 83.5 cm³/mol. The van der Waals surface area contributed by atoms with E-state index in [4.69, 9.17) is 20.3 Å². The van der Waals surface area contributed by atoms with Gasteiger partial charge in [0.1, 0.15) is 0 Å². The van der Waals surface area contributed by atoms with E-state index < -0.39 is 0 Å². The van der Waals surface area contributed by atoms with Gasteiger partial charge >= 0.3 is 0 Å². The van der Waals surface area contributed by atoms with Crippen molar-refractivity contribution in [2.75, 3.05) is 46.1 Å². The summed E-state index contributed by atoms with van der Waals surface area (Å²) in [5, 5.41) is 11.5. The zero-order valence-corrected chi connectivity index (χ0v) is 13.4. The molecule has 0 aliphatic rings.